The summed E-state index contributed by atoms with van der Waals surface area (Å²) in [4.78, 5) is 28.4. The van der Waals surface area contributed by atoms with Crippen LogP contribution in [-0.4, -0.2) is 22.0 Å². The van der Waals surface area contributed by atoms with Crippen molar-refractivity contribution in [3.05, 3.63) is 12.2 Å². The van der Waals surface area contributed by atoms with Crippen LogP contribution in [0.3, 0.4) is 0 Å². The molecule has 0 amide bonds. The molecule has 7 heteroatoms. The largest absolute Gasteiger partial charge is 0.472 e. The van der Waals surface area contributed by atoms with Gasteiger partial charge in [-0.3, -0.25) is 0 Å². The number of phosphoric acid groups is 1. The molecular weight excluding hydrogens is 235 g/mol. The predicted octanol–water partition coefficient (Wildman–Crippen LogP) is 1.73. The third-order valence-electron chi connectivity index (χ3n) is 1.64. The Hall–Kier alpha value is -0.680. The Morgan fingerprint density at radius 1 is 1.50 bits per heavy atom. The Labute approximate surface area is 94.5 Å². The van der Waals surface area contributed by atoms with Crippen LogP contribution in [0.5, 0.6) is 0 Å². The normalized spacial score (nSPS) is 13.2. The highest BCUT2D eigenvalue weighted by Gasteiger charge is 2.25. The van der Waals surface area contributed by atoms with Crippen molar-refractivity contribution in [3.63, 3.8) is 0 Å². The molecule has 0 rings (SSSR count). The highest BCUT2D eigenvalue weighted by molar-refractivity contribution is 7.46. The van der Waals surface area contributed by atoms with Crippen molar-refractivity contribution < 1.29 is 28.4 Å². The van der Waals surface area contributed by atoms with Crippen molar-refractivity contribution >= 4 is 13.8 Å². The summed E-state index contributed by atoms with van der Waals surface area (Å²) in [6.45, 7) is 6.70. The average Bonchev–Trinajstić information content (AvgIpc) is 2.11. The van der Waals surface area contributed by atoms with Crippen LogP contribution >= 0.6 is 7.82 Å². The molecule has 2 N–H and O–H groups in total. The smallest absolute Gasteiger partial charge is 0.432 e. The van der Waals surface area contributed by atoms with Gasteiger partial charge in [-0.25, -0.2) is 13.9 Å². The molecule has 0 aliphatic rings. The van der Waals surface area contributed by atoms with Crippen molar-refractivity contribution in [1.29, 1.82) is 0 Å². The zero-order chi connectivity index (χ0) is 12.8. The van der Waals surface area contributed by atoms with Crippen LogP contribution in [0.4, 0.5) is 0 Å². The molecule has 0 aliphatic carbocycles. The molecule has 0 heterocycles. The molecule has 0 aromatic heterocycles. The maximum absolute atomic E-state index is 11.1. The zero-order valence-electron chi connectivity index (χ0n) is 9.38. The minimum Gasteiger partial charge on any atom is -0.432 e. The first-order valence-electron chi connectivity index (χ1n) is 4.86. The fourth-order valence-electron chi connectivity index (χ4n) is 0.877. The lowest BCUT2D eigenvalue weighted by Gasteiger charge is -2.18. The number of rotatable bonds is 7. The maximum atomic E-state index is 11.1. The molecular formula is C9H17O6P. The second-order valence-electron chi connectivity index (χ2n) is 3.35. The van der Waals surface area contributed by atoms with Gasteiger partial charge in [0.15, 0.2) is 0 Å². The first-order chi connectivity index (χ1) is 7.26. The standard InChI is InChI=1S/C9H17O6P/c1-4-5-6-8(15-16(11,12)13)14-9(10)7(2)3/h8H,2,4-6H2,1,3H3,(H2,11,12,13). The van der Waals surface area contributed by atoms with E-state index < -0.39 is 20.1 Å². The van der Waals surface area contributed by atoms with Crippen LogP contribution < -0.4 is 0 Å². The van der Waals surface area contributed by atoms with E-state index in [1.807, 2.05) is 6.92 Å². The first kappa shape index (κ1) is 15.3. The maximum Gasteiger partial charge on any atom is 0.472 e. The van der Waals surface area contributed by atoms with Gasteiger partial charge in [-0.1, -0.05) is 19.9 Å². The summed E-state index contributed by atoms with van der Waals surface area (Å²) in [5.74, 6) is -0.727. The van der Waals surface area contributed by atoms with E-state index in [4.69, 9.17) is 14.5 Å². The highest BCUT2D eigenvalue weighted by atomic mass is 31.2. The number of hydrogen-bond acceptors (Lipinski definition) is 4. The number of ether oxygens (including phenoxy) is 1. The Morgan fingerprint density at radius 3 is 2.44 bits per heavy atom. The Kier molecular flexibility index (Phi) is 6.52. The van der Waals surface area contributed by atoms with Crippen molar-refractivity contribution in [1.82, 2.24) is 0 Å². The predicted molar refractivity (Wildman–Crippen MR) is 57.3 cm³/mol. The van der Waals surface area contributed by atoms with Crippen LogP contribution in [0, 0.1) is 0 Å². The van der Waals surface area contributed by atoms with Crippen molar-refractivity contribution in [2.24, 2.45) is 0 Å². The third kappa shape index (κ3) is 7.59. The number of hydrogen-bond donors (Lipinski definition) is 2. The van der Waals surface area contributed by atoms with Crippen LogP contribution in [0.1, 0.15) is 33.1 Å². The number of esters is 1. The summed E-state index contributed by atoms with van der Waals surface area (Å²) < 4.78 is 19.7. The zero-order valence-corrected chi connectivity index (χ0v) is 10.3. The lowest BCUT2D eigenvalue weighted by Crippen LogP contribution is -2.20. The van der Waals surface area contributed by atoms with Gasteiger partial charge < -0.3 is 14.5 Å². The Morgan fingerprint density at radius 2 is 2.06 bits per heavy atom. The van der Waals surface area contributed by atoms with E-state index in [-0.39, 0.29) is 12.0 Å². The lowest BCUT2D eigenvalue weighted by molar-refractivity contribution is -0.161. The molecule has 0 aromatic carbocycles. The van der Waals surface area contributed by atoms with Gasteiger partial charge in [0.1, 0.15) is 0 Å². The van der Waals surface area contributed by atoms with Crippen molar-refractivity contribution in [3.8, 4) is 0 Å². The molecule has 0 spiro atoms. The molecule has 6 nitrogen and oxygen atoms in total. The molecule has 0 saturated carbocycles. The molecule has 16 heavy (non-hydrogen) atoms. The second kappa shape index (κ2) is 6.81. The lowest BCUT2D eigenvalue weighted by atomic mass is 10.2. The summed E-state index contributed by atoms with van der Waals surface area (Å²) in [6, 6.07) is 0. The van der Waals surface area contributed by atoms with Gasteiger partial charge in [0.05, 0.1) is 0 Å². The van der Waals surface area contributed by atoms with Gasteiger partial charge in [0.2, 0.25) is 6.29 Å². The average molecular weight is 252 g/mol. The number of phosphoric ester groups is 1. The van der Waals surface area contributed by atoms with Crippen molar-refractivity contribution in [2.45, 2.75) is 39.4 Å². The number of carbonyl (C=O) groups is 1. The summed E-state index contributed by atoms with van der Waals surface area (Å²) in [5.41, 5.74) is 0.149. The van der Waals surface area contributed by atoms with E-state index in [1.54, 1.807) is 0 Å². The summed E-state index contributed by atoms with van der Waals surface area (Å²) >= 11 is 0. The summed E-state index contributed by atoms with van der Waals surface area (Å²) in [6.07, 6.45) is 0.436. The van der Waals surface area contributed by atoms with E-state index in [0.29, 0.717) is 6.42 Å². The molecule has 1 unspecified atom stereocenters. The molecule has 1 atom stereocenters. The minimum atomic E-state index is -4.66. The molecule has 0 radical (unpaired) electrons. The van der Waals surface area contributed by atoms with Gasteiger partial charge in [0.25, 0.3) is 0 Å². The van der Waals surface area contributed by atoms with Crippen LogP contribution in [0.2, 0.25) is 0 Å². The van der Waals surface area contributed by atoms with Gasteiger partial charge in [-0.05, 0) is 13.3 Å². The van der Waals surface area contributed by atoms with E-state index >= 15 is 0 Å². The molecule has 0 saturated heterocycles. The Bertz CT molecular complexity index is 294. The molecule has 94 valence electrons. The highest BCUT2D eigenvalue weighted by Crippen LogP contribution is 2.38. The van der Waals surface area contributed by atoms with Gasteiger partial charge in [0, 0.05) is 12.0 Å². The van der Waals surface area contributed by atoms with Crippen molar-refractivity contribution in [2.75, 3.05) is 0 Å². The number of carbonyl (C=O) groups excluding carboxylic acids is 1. The minimum absolute atomic E-state index is 0.149. The monoisotopic (exact) mass is 252 g/mol. The topological polar surface area (TPSA) is 93.1 Å². The molecule has 0 fully saturated rings. The van der Waals surface area contributed by atoms with E-state index in [2.05, 4.69) is 11.1 Å². The second-order valence-corrected chi connectivity index (χ2v) is 4.55. The van der Waals surface area contributed by atoms with Gasteiger partial charge in [-0.2, -0.15) is 0 Å². The quantitative estimate of drug-likeness (QED) is 0.310. The SMILES string of the molecule is C=C(C)C(=O)OC(CCCC)OP(=O)(O)O. The Balaban J connectivity index is 4.37. The van der Waals surface area contributed by atoms with E-state index in [0.717, 1.165) is 6.42 Å². The van der Waals surface area contributed by atoms with E-state index in [9.17, 15) is 9.36 Å². The number of unbranched alkanes of at least 4 members (excludes halogenated alkanes) is 1. The van der Waals surface area contributed by atoms with Crippen LogP contribution in [0.25, 0.3) is 0 Å². The fraction of sp³-hybridized carbons (Fsp3) is 0.667. The summed E-state index contributed by atoms with van der Waals surface area (Å²) in [5, 5.41) is 0. The summed E-state index contributed by atoms with van der Waals surface area (Å²) in [7, 11) is -4.66. The van der Waals surface area contributed by atoms with Crippen LogP contribution in [0.15, 0.2) is 12.2 Å². The molecule has 0 aliphatic heterocycles. The van der Waals surface area contributed by atoms with Crippen LogP contribution in [-0.2, 0) is 18.6 Å². The van der Waals surface area contributed by atoms with E-state index in [1.165, 1.54) is 6.92 Å². The molecule has 0 bridgehead atoms. The third-order valence-corrected chi connectivity index (χ3v) is 2.14. The fourth-order valence-corrected chi connectivity index (χ4v) is 1.33. The molecule has 0 aromatic rings. The van der Waals surface area contributed by atoms with Gasteiger partial charge in [-0.15, -0.1) is 0 Å². The van der Waals surface area contributed by atoms with Gasteiger partial charge >= 0.3 is 13.8 Å². The first-order valence-corrected chi connectivity index (χ1v) is 6.39.